The number of fused-ring (bicyclic) bond motifs is 1. The summed E-state index contributed by atoms with van der Waals surface area (Å²) in [6, 6.07) is 6.74. The third-order valence-corrected chi connectivity index (χ3v) is 3.89. The first-order valence-electron chi connectivity index (χ1n) is 7.54. The smallest absolute Gasteiger partial charge is 0.151 e. The molecule has 1 aliphatic heterocycles. The van der Waals surface area contributed by atoms with Gasteiger partial charge in [0.05, 0.1) is 6.61 Å². The van der Waals surface area contributed by atoms with Gasteiger partial charge in [-0.2, -0.15) is 5.10 Å². The first kappa shape index (κ1) is 14.1. The molecule has 21 heavy (non-hydrogen) atoms. The van der Waals surface area contributed by atoms with Crippen LogP contribution in [0.4, 0.5) is 0 Å². The minimum Gasteiger partial charge on any atom is -0.493 e. The van der Waals surface area contributed by atoms with Crippen LogP contribution in [0.15, 0.2) is 24.5 Å². The van der Waals surface area contributed by atoms with Crippen LogP contribution >= 0.6 is 0 Å². The van der Waals surface area contributed by atoms with Crippen molar-refractivity contribution in [1.29, 1.82) is 0 Å². The molecule has 0 spiro atoms. The number of para-hydroxylation sites is 1. The van der Waals surface area contributed by atoms with Crippen LogP contribution in [0.3, 0.4) is 0 Å². The zero-order valence-electron chi connectivity index (χ0n) is 12.7. The number of ether oxygens (including phenoxy) is 1. The fraction of sp³-hybridized carbons (Fsp3) is 0.500. The summed E-state index contributed by atoms with van der Waals surface area (Å²) in [5.41, 5.74) is 2.49. The van der Waals surface area contributed by atoms with Gasteiger partial charge >= 0.3 is 0 Å². The summed E-state index contributed by atoms with van der Waals surface area (Å²) >= 11 is 0. The second-order valence-corrected chi connectivity index (χ2v) is 5.58. The molecule has 0 fully saturated rings. The fourth-order valence-corrected chi connectivity index (χ4v) is 2.83. The second kappa shape index (κ2) is 6.26. The van der Waals surface area contributed by atoms with Crippen molar-refractivity contribution in [2.45, 2.75) is 32.2 Å². The lowest BCUT2D eigenvalue weighted by atomic mass is 10.00. The molecule has 0 radical (unpaired) electrons. The lowest BCUT2D eigenvalue weighted by Gasteiger charge is -2.19. The van der Waals surface area contributed by atoms with Crippen molar-refractivity contribution < 1.29 is 4.74 Å². The number of aryl methyl sites for hydroxylation is 2. The minimum absolute atomic E-state index is 0.353. The van der Waals surface area contributed by atoms with Gasteiger partial charge in [0.1, 0.15) is 12.1 Å². The van der Waals surface area contributed by atoms with Gasteiger partial charge in [-0.3, -0.25) is 4.68 Å². The van der Waals surface area contributed by atoms with E-state index in [2.05, 4.69) is 40.5 Å². The van der Waals surface area contributed by atoms with Crippen LogP contribution in [0.5, 0.6) is 5.75 Å². The van der Waals surface area contributed by atoms with Crippen LogP contribution in [0.25, 0.3) is 0 Å². The third kappa shape index (κ3) is 3.24. The maximum Gasteiger partial charge on any atom is 0.151 e. The van der Waals surface area contributed by atoms with Crippen LogP contribution in [-0.4, -0.2) is 27.9 Å². The topological polar surface area (TPSA) is 52.0 Å². The molecule has 0 bridgehead atoms. The van der Waals surface area contributed by atoms with E-state index in [1.54, 1.807) is 11.0 Å². The van der Waals surface area contributed by atoms with Crippen LogP contribution in [-0.2, 0) is 13.5 Å². The molecule has 3 rings (SSSR count). The van der Waals surface area contributed by atoms with E-state index >= 15 is 0 Å². The average Bonchev–Trinajstić information content (AvgIpc) is 2.77. The monoisotopic (exact) mass is 286 g/mol. The molecule has 1 aromatic heterocycles. The molecule has 0 aliphatic carbocycles. The maximum atomic E-state index is 5.91. The number of nitrogens with one attached hydrogen (secondary N) is 1. The quantitative estimate of drug-likeness (QED) is 0.936. The zero-order valence-corrected chi connectivity index (χ0v) is 12.7. The number of hydrogen-bond acceptors (Lipinski definition) is 4. The van der Waals surface area contributed by atoms with Crippen LogP contribution in [0.1, 0.15) is 35.8 Å². The van der Waals surface area contributed by atoms with Gasteiger partial charge < -0.3 is 10.1 Å². The highest BCUT2D eigenvalue weighted by molar-refractivity contribution is 5.43. The largest absolute Gasteiger partial charge is 0.493 e. The maximum absolute atomic E-state index is 5.91. The summed E-state index contributed by atoms with van der Waals surface area (Å²) in [4.78, 5) is 4.26. The van der Waals surface area contributed by atoms with Crippen LogP contribution < -0.4 is 10.1 Å². The number of benzene rings is 1. The van der Waals surface area contributed by atoms with Crippen molar-refractivity contribution in [3.8, 4) is 5.75 Å². The molecule has 5 nitrogen and oxygen atoms in total. The standard InChI is InChI=1S/C16H22N4O/c1-12-5-3-6-13-14(7-4-10-21-16(12)13)17-9-8-15-18-11-20(2)19-15/h3,5-6,11,14,17H,4,7-10H2,1-2H3. The van der Waals surface area contributed by atoms with E-state index in [1.807, 2.05) is 7.05 Å². The average molecular weight is 286 g/mol. The molecule has 1 aromatic carbocycles. The van der Waals surface area contributed by atoms with Gasteiger partial charge in [0, 0.05) is 31.6 Å². The van der Waals surface area contributed by atoms with Gasteiger partial charge in [-0.1, -0.05) is 18.2 Å². The van der Waals surface area contributed by atoms with E-state index in [0.717, 1.165) is 44.0 Å². The Morgan fingerprint density at radius 2 is 2.33 bits per heavy atom. The second-order valence-electron chi connectivity index (χ2n) is 5.58. The number of rotatable bonds is 4. The predicted octanol–water partition coefficient (Wildman–Crippen LogP) is 2.17. The molecular formula is C16H22N4O. The van der Waals surface area contributed by atoms with Crippen molar-refractivity contribution in [1.82, 2.24) is 20.1 Å². The summed E-state index contributed by atoms with van der Waals surface area (Å²) in [7, 11) is 1.89. The van der Waals surface area contributed by atoms with Gasteiger partial charge in [-0.25, -0.2) is 4.98 Å². The molecule has 1 aliphatic rings. The van der Waals surface area contributed by atoms with E-state index in [9.17, 15) is 0 Å². The summed E-state index contributed by atoms with van der Waals surface area (Å²) in [5.74, 6) is 1.95. The molecule has 2 heterocycles. The van der Waals surface area contributed by atoms with Gasteiger partial charge in [0.15, 0.2) is 5.82 Å². The molecule has 0 saturated heterocycles. The lowest BCUT2D eigenvalue weighted by Crippen LogP contribution is -2.24. The van der Waals surface area contributed by atoms with Crippen LogP contribution in [0.2, 0.25) is 0 Å². The highest BCUT2D eigenvalue weighted by Crippen LogP contribution is 2.33. The molecule has 0 saturated carbocycles. The number of aromatic nitrogens is 3. The molecule has 2 aromatic rings. The van der Waals surface area contributed by atoms with Crippen molar-refractivity contribution in [3.63, 3.8) is 0 Å². The molecule has 5 heteroatoms. The molecule has 1 N–H and O–H groups in total. The number of nitrogens with zero attached hydrogens (tertiary/aromatic N) is 3. The molecule has 112 valence electrons. The molecule has 1 atom stereocenters. The zero-order chi connectivity index (χ0) is 14.7. The Bertz CT molecular complexity index is 608. The predicted molar refractivity (Wildman–Crippen MR) is 81.4 cm³/mol. The van der Waals surface area contributed by atoms with E-state index in [-0.39, 0.29) is 0 Å². The van der Waals surface area contributed by atoms with Crippen LogP contribution in [0, 0.1) is 6.92 Å². The summed E-state index contributed by atoms with van der Waals surface area (Å²) in [6.07, 6.45) is 4.77. The minimum atomic E-state index is 0.353. The Hall–Kier alpha value is -1.88. The van der Waals surface area contributed by atoms with Crippen molar-refractivity contribution >= 4 is 0 Å². The van der Waals surface area contributed by atoms with Crippen molar-refractivity contribution in [3.05, 3.63) is 41.5 Å². The van der Waals surface area contributed by atoms with E-state index in [1.165, 1.54) is 11.1 Å². The Morgan fingerprint density at radius 3 is 3.14 bits per heavy atom. The van der Waals surface area contributed by atoms with E-state index in [4.69, 9.17) is 4.74 Å². The Labute approximate surface area is 125 Å². The number of hydrogen-bond donors (Lipinski definition) is 1. The highest BCUT2D eigenvalue weighted by Gasteiger charge is 2.20. The first-order valence-corrected chi connectivity index (χ1v) is 7.54. The van der Waals surface area contributed by atoms with Crippen molar-refractivity contribution in [2.24, 2.45) is 7.05 Å². The summed E-state index contributed by atoms with van der Waals surface area (Å²) in [5, 5.41) is 7.94. The Balaban J connectivity index is 1.66. The first-order chi connectivity index (χ1) is 10.2. The normalized spacial score (nSPS) is 17.9. The van der Waals surface area contributed by atoms with Gasteiger partial charge in [-0.05, 0) is 25.3 Å². The van der Waals surface area contributed by atoms with Gasteiger partial charge in [0.2, 0.25) is 0 Å². The Morgan fingerprint density at radius 1 is 1.43 bits per heavy atom. The molecular weight excluding hydrogens is 264 g/mol. The fourth-order valence-electron chi connectivity index (χ4n) is 2.83. The van der Waals surface area contributed by atoms with E-state index in [0.29, 0.717) is 6.04 Å². The Kier molecular flexibility index (Phi) is 4.20. The van der Waals surface area contributed by atoms with Crippen molar-refractivity contribution in [2.75, 3.05) is 13.2 Å². The summed E-state index contributed by atoms with van der Waals surface area (Å²) in [6.45, 7) is 3.79. The van der Waals surface area contributed by atoms with E-state index < -0.39 is 0 Å². The highest BCUT2D eigenvalue weighted by atomic mass is 16.5. The summed E-state index contributed by atoms with van der Waals surface area (Å²) < 4.78 is 7.65. The molecule has 1 unspecified atom stereocenters. The SMILES string of the molecule is Cc1cccc2c1OCCCC2NCCc1ncn(C)n1. The van der Waals surface area contributed by atoms with Gasteiger partial charge in [-0.15, -0.1) is 0 Å². The third-order valence-electron chi connectivity index (χ3n) is 3.89. The van der Waals surface area contributed by atoms with Gasteiger partial charge in [0.25, 0.3) is 0 Å². The molecule has 0 amide bonds. The lowest BCUT2D eigenvalue weighted by molar-refractivity contribution is 0.313.